The maximum atomic E-state index is 12.2. The van der Waals surface area contributed by atoms with Gasteiger partial charge in [0.15, 0.2) is 6.20 Å². The van der Waals surface area contributed by atoms with Gasteiger partial charge in [-0.3, -0.25) is 15.6 Å². The summed E-state index contributed by atoms with van der Waals surface area (Å²) in [6.07, 6.45) is -1.14. The molecule has 2 N–H and O–H groups in total. The highest BCUT2D eigenvalue weighted by Crippen LogP contribution is 2.30. The fourth-order valence-electron chi connectivity index (χ4n) is 1.57. The molecule has 0 atom stereocenters. The summed E-state index contributed by atoms with van der Waals surface area (Å²) in [6, 6.07) is 12.9. The van der Waals surface area contributed by atoms with Gasteiger partial charge in [0.05, 0.1) is 5.69 Å². The first kappa shape index (κ1) is 15.2. The molecule has 21 heavy (non-hydrogen) atoms. The van der Waals surface area contributed by atoms with Crippen LogP contribution in [-0.4, -0.2) is 12.3 Å². The maximum absolute atomic E-state index is 12.2. The number of aromatic nitrogens is 1. The molecule has 1 aromatic carbocycles. The lowest BCUT2D eigenvalue weighted by molar-refractivity contribution is -0.708. The van der Waals surface area contributed by atoms with E-state index in [1.54, 1.807) is 12.1 Å². The number of alkyl halides is 2. The van der Waals surface area contributed by atoms with Gasteiger partial charge in [-0.25, -0.2) is 0 Å². The number of hydrogen-bond donors (Lipinski definition) is 2. The minimum Gasteiger partial charge on any atom is -0.297 e. The summed E-state index contributed by atoms with van der Waals surface area (Å²) >= 11 is 1.46. The van der Waals surface area contributed by atoms with E-state index in [9.17, 15) is 13.6 Å². The van der Waals surface area contributed by atoms with Crippen molar-refractivity contribution in [2.24, 2.45) is 7.05 Å². The number of anilines is 1. The number of benzene rings is 1. The molecule has 0 bridgehead atoms. The Hall–Kier alpha value is -2.15. The zero-order valence-corrected chi connectivity index (χ0v) is 12.0. The van der Waals surface area contributed by atoms with E-state index in [2.05, 4.69) is 5.43 Å². The van der Waals surface area contributed by atoms with Gasteiger partial charge >= 0.3 is 12.3 Å². The Labute approximate surface area is 125 Å². The minimum atomic E-state index is -3.05. The van der Waals surface area contributed by atoms with Gasteiger partial charge in [0.25, 0.3) is 0 Å². The van der Waals surface area contributed by atoms with Crippen LogP contribution in [-0.2, 0) is 11.8 Å². The fraction of sp³-hybridized carbons (Fsp3) is 0.143. The number of nitrogens with one attached hydrogen (secondary N) is 2. The first-order valence-corrected chi connectivity index (χ1v) is 6.95. The lowest BCUT2D eigenvalue weighted by Gasteiger charge is -2.11. The van der Waals surface area contributed by atoms with Gasteiger partial charge in [0.1, 0.15) is 7.05 Å². The van der Waals surface area contributed by atoms with Crippen molar-refractivity contribution in [1.82, 2.24) is 5.43 Å². The lowest BCUT2D eigenvalue weighted by atomic mass is 10.3. The van der Waals surface area contributed by atoms with Crippen LogP contribution in [0.5, 0.6) is 0 Å². The normalized spacial score (nSPS) is 10.5. The Morgan fingerprint density at radius 1 is 1.19 bits per heavy atom. The Kier molecular flexibility index (Phi) is 5.10. The average molecular weight is 310 g/mol. The number of amides is 1. The Bertz CT molecular complexity index is 637. The highest BCUT2D eigenvalue weighted by Gasteiger charge is 2.15. The average Bonchev–Trinajstić information content (AvgIpc) is 2.48. The summed E-state index contributed by atoms with van der Waals surface area (Å²) in [7, 11) is 1.91. The molecular weight excluding hydrogens is 296 g/mol. The number of carbonyl (C=O) groups is 1. The van der Waals surface area contributed by atoms with Gasteiger partial charge in [0, 0.05) is 17.0 Å². The second kappa shape index (κ2) is 7.03. The summed E-state index contributed by atoms with van der Waals surface area (Å²) in [5, 5.41) is 0.979. The Balaban J connectivity index is 2.14. The van der Waals surface area contributed by atoms with Gasteiger partial charge in [0.2, 0.25) is 5.03 Å². The predicted octanol–water partition coefficient (Wildman–Crippen LogP) is 2.37. The second-order valence-electron chi connectivity index (χ2n) is 4.16. The molecule has 2 aromatic rings. The van der Waals surface area contributed by atoms with E-state index in [1.807, 2.05) is 53.6 Å². The number of hydrazine groups is 1. The highest BCUT2D eigenvalue weighted by molar-refractivity contribution is 7.99. The molecule has 4 nitrogen and oxygen atoms in total. The monoisotopic (exact) mass is 310 g/mol. The van der Waals surface area contributed by atoms with Crippen molar-refractivity contribution in [3.63, 3.8) is 0 Å². The number of hydrogen-bond acceptors (Lipinski definition) is 3. The highest BCUT2D eigenvalue weighted by atomic mass is 32.2. The molecule has 1 amide bonds. The number of aryl methyl sites for hydroxylation is 1. The van der Waals surface area contributed by atoms with Crippen molar-refractivity contribution < 1.29 is 18.1 Å². The summed E-state index contributed by atoms with van der Waals surface area (Å²) in [6.45, 7) is 0. The molecule has 0 saturated heterocycles. The van der Waals surface area contributed by atoms with Crippen molar-refractivity contribution in [3.05, 3.63) is 48.7 Å². The van der Waals surface area contributed by atoms with Crippen LogP contribution in [0.2, 0.25) is 0 Å². The largest absolute Gasteiger partial charge is 0.317 e. The van der Waals surface area contributed by atoms with E-state index < -0.39 is 12.3 Å². The molecule has 0 fully saturated rings. The number of halogens is 2. The van der Waals surface area contributed by atoms with Crippen LogP contribution in [0.25, 0.3) is 0 Å². The lowest BCUT2D eigenvalue weighted by Crippen LogP contribution is -2.34. The third-order valence-corrected chi connectivity index (χ3v) is 3.84. The van der Waals surface area contributed by atoms with Crippen molar-refractivity contribution in [2.45, 2.75) is 16.3 Å². The van der Waals surface area contributed by atoms with Crippen molar-refractivity contribution >= 4 is 23.4 Å². The van der Waals surface area contributed by atoms with Crippen LogP contribution in [0.15, 0.2) is 58.6 Å². The zero-order valence-electron chi connectivity index (χ0n) is 11.2. The molecule has 0 unspecified atom stereocenters. The number of para-hydroxylation sites is 1. The molecule has 0 aliphatic carbocycles. The maximum Gasteiger partial charge on any atom is 0.317 e. The molecule has 2 rings (SSSR count). The molecule has 1 heterocycles. The van der Waals surface area contributed by atoms with Gasteiger partial charge in [-0.05, 0) is 30.0 Å². The molecule has 0 saturated carbocycles. The van der Waals surface area contributed by atoms with Crippen molar-refractivity contribution in [1.29, 1.82) is 0 Å². The zero-order chi connectivity index (χ0) is 15.2. The summed E-state index contributed by atoms with van der Waals surface area (Å²) in [4.78, 5) is 11.7. The molecule has 7 heteroatoms. The molecule has 0 radical (unpaired) electrons. The van der Waals surface area contributed by atoms with Crippen LogP contribution in [0.1, 0.15) is 0 Å². The predicted molar refractivity (Wildman–Crippen MR) is 76.0 cm³/mol. The van der Waals surface area contributed by atoms with E-state index >= 15 is 0 Å². The molecule has 0 aliphatic rings. The van der Waals surface area contributed by atoms with Crippen LogP contribution in [0.3, 0.4) is 0 Å². The summed E-state index contributed by atoms with van der Waals surface area (Å²) in [5.74, 6) is -1.36. The van der Waals surface area contributed by atoms with E-state index in [1.165, 1.54) is 11.8 Å². The standard InChI is InChI=1S/C14H13F2N3OS/c1-19-9-5-4-8-12(19)21-11-7-3-2-6-10(11)17-18-14(20)13(15)16/h2-9,13,17H,1H3/p+1. The summed E-state index contributed by atoms with van der Waals surface area (Å²) < 4.78 is 26.3. The van der Waals surface area contributed by atoms with Crippen LogP contribution in [0.4, 0.5) is 14.5 Å². The van der Waals surface area contributed by atoms with Crippen LogP contribution >= 0.6 is 11.8 Å². The number of rotatable bonds is 5. The minimum absolute atomic E-state index is 0.556. The van der Waals surface area contributed by atoms with Gasteiger partial charge < -0.3 is 0 Å². The van der Waals surface area contributed by atoms with Crippen molar-refractivity contribution in [2.75, 3.05) is 5.43 Å². The first-order chi connectivity index (χ1) is 10.1. The number of pyridine rings is 1. The number of nitrogens with zero attached hydrogens (tertiary/aromatic N) is 1. The van der Waals surface area contributed by atoms with Crippen LogP contribution in [0, 0.1) is 0 Å². The van der Waals surface area contributed by atoms with Gasteiger partial charge in [-0.1, -0.05) is 12.1 Å². The SMILES string of the molecule is C[n+]1ccccc1Sc1ccccc1NNC(=O)C(F)F. The molecule has 0 spiro atoms. The third-order valence-electron chi connectivity index (χ3n) is 2.63. The Morgan fingerprint density at radius 2 is 1.90 bits per heavy atom. The molecule has 0 aliphatic heterocycles. The van der Waals surface area contributed by atoms with Gasteiger partial charge in [-0.15, -0.1) is 0 Å². The fourth-order valence-corrected chi connectivity index (χ4v) is 2.52. The van der Waals surface area contributed by atoms with Crippen molar-refractivity contribution in [3.8, 4) is 0 Å². The van der Waals surface area contributed by atoms with E-state index in [-0.39, 0.29) is 0 Å². The van der Waals surface area contributed by atoms with E-state index in [0.717, 1.165) is 9.92 Å². The third kappa shape index (κ3) is 4.16. The Morgan fingerprint density at radius 3 is 2.62 bits per heavy atom. The molecule has 110 valence electrons. The molecule has 1 aromatic heterocycles. The molecular formula is C14H14F2N3OS+. The second-order valence-corrected chi connectivity index (χ2v) is 5.23. The van der Waals surface area contributed by atoms with E-state index in [4.69, 9.17) is 0 Å². The quantitative estimate of drug-likeness (QED) is 0.658. The van der Waals surface area contributed by atoms with Gasteiger partial charge in [-0.2, -0.15) is 13.3 Å². The van der Waals surface area contributed by atoms with Crippen LogP contribution < -0.4 is 15.4 Å². The topological polar surface area (TPSA) is 45.0 Å². The number of carbonyl (C=O) groups excluding carboxylic acids is 1. The first-order valence-electron chi connectivity index (χ1n) is 6.13. The summed E-state index contributed by atoms with van der Waals surface area (Å²) in [5.41, 5.74) is 5.06. The smallest absolute Gasteiger partial charge is 0.297 e. The van der Waals surface area contributed by atoms with E-state index in [0.29, 0.717) is 5.69 Å².